The summed E-state index contributed by atoms with van der Waals surface area (Å²) in [6, 6.07) is 10.6. The minimum Gasteiger partial charge on any atom is -0.494 e. The van der Waals surface area contributed by atoms with Gasteiger partial charge in [0.05, 0.1) is 18.9 Å². The van der Waals surface area contributed by atoms with Crippen molar-refractivity contribution in [3.63, 3.8) is 0 Å². The molecule has 0 saturated carbocycles. The molecule has 0 unspecified atom stereocenters. The summed E-state index contributed by atoms with van der Waals surface area (Å²) in [5.74, 6) is -0.697. The maximum absolute atomic E-state index is 13.4. The van der Waals surface area contributed by atoms with E-state index in [4.69, 9.17) is 19.5 Å². The third-order valence-electron chi connectivity index (χ3n) is 4.45. The van der Waals surface area contributed by atoms with Crippen LogP contribution in [0, 0.1) is 11.3 Å². The lowest BCUT2D eigenvalue weighted by molar-refractivity contribution is -0.122. The Bertz CT molecular complexity index is 1170. The van der Waals surface area contributed by atoms with Crippen LogP contribution in [0.15, 0.2) is 46.4 Å². The van der Waals surface area contributed by atoms with Crippen LogP contribution >= 0.6 is 15.9 Å². The zero-order valence-electron chi connectivity index (χ0n) is 17.9. The second-order valence-electron chi connectivity index (χ2n) is 6.58. The minimum atomic E-state index is -0.910. The molecule has 1 heterocycles. The van der Waals surface area contributed by atoms with Crippen LogP contribution in [-0.2, 0) is 9.59 Å². The number of carbonyl (C=O) groups is 3. The van der Waals surface area contributed by atoms with E-state index in [1.165, 1.54) is 12.1 Å². The summed E-state index contributed by atoms with van der Waals surface area (Å²) in [6.45, 7) is 4.03. The molecule has 170 valence electrons. The largest absolute Gasteiger partial charge is 0.494 e. The second kappa shape index (κ2) is 10.7. The van der Waals surface area contributed by atoms with Crippen molar-refractivity contribution in [1.82, 2.24) is 5.32 Å². The number of rotatable bonds is 8. The smallest absolute Gasteiger partial charge is 0.336 e. The molecule has 0 aromatic heterocycles. The molecule has 1 N–H and O–H groups in total. The predicted octanol–water partition coefficient (Wildman–Crippen LogP) is 3.82. The van der Waals surface area contributed by atoms with Crippen LogP contribution in [0.2, 0.25) is 0 Å². The molecular weight excluding hydrogens is 494 g/mol. The SMILES string of the molecule is CCOc1ccc(OCC)c(N2C(=O)NC(=O)/C(=C\c3cc(Br)ccc3OCC#N)C2=O)c1. The van der Waals surface area contributed by atoms with Gasteiger partial charge in [-0.25, -0.2) is 9.69 Å². The van der Waals surface area contributed by atoms with Crippen molar-refractivity contribution >= 4 is 45.5 Å². The number of nitrogens with zero attached hydrogens (tertiary/aromatic N) is 2. The van der Waals surface area contributed by atoms with Gasteiger partial charge in [-0.2, -0.15) is 5.26 Å². The molecule has 33 heavy (non-hydrogen) atoms. The number of anilines is 1. The number of urea groups is 1. The molecule has 0 bridgehead atoms. The highest BCUT2D eigenvalue weighted by Gasteiger charge is 2.38. The molecule has 1 saturated heterocycles. The molecule has 1 fully saturated rings. The zero-order chi connectivity index (χ0) is 24.0. The standard InChI is InChI=1S/C23H20BrN3O6/c1-3-31-16-6-8-20(32-4-2)18(13-16)27-22(29)17(21(28)26-23(27)30)12-14-11-15(24)5-7-19(14)33-10-9-25/h5-8,11-13H,3-4,10H2,1-2H3,(H,26,28,30)/b17-12+. The average molecular weight is 514 g/mol. The maximum Gasteiger partial charge on any atom is 0.336 e. The highest BCUT2D eigenvalue weighted by atomic mass is 79.9. The Morgan fingerprint density at radius 3 is 2.45 bits per heavy atom. The van der Waals surface area contributed by atoms with Crippen LogP contribution in [0.5, 0.6) is 17.2 Å². The number of benzene rings is 2. The lowest BCUT2D eigenvalue weighted by Gasteiger charge is -2.28. The van der Waals surface area contributed by atoms with Crippen LogP contribution in [0.25, 0.3) is 6.08 Å². The van der Waals surface area contributed by atoms with Crippen molar-refractivity contribution in [3.05, 3.63) is 52.0 Å². The van der Waals surface area contributed by atoms with Crippen molar-refractivity contribution < 1.29 is 28.6 Å². The van der Waals surface area contributed by atoms with Gasteiger partial charge >= 0.3 is 6.03 Å². The van der Waals surface area contributed by atoms with Gasteiger partial charge in [0, 0.05) is 16.1 Å². The summed E-state index contributed by atoms with van der Waals surface area (Å²) in [5, 5.41) is 11.0. The Hall–Kier alpha value is -3.84. The molecule has 9 nitrogen and oxygen atoms in total. The van der Waals surface area contributed by atoms with Gasteiger partial charge in [-0.15, -0.1) is 0 Å². The van der Waals surface area contributed by atoms with E-state index < -0.39 is 17.8 Å². The van der Waals surface area contributed by atoms with Crippen molar-refractivity contribution in [1.29, 1.82) is 5.26 Å². The van der Waals surface area contributed by atoms with E-state index in [2.05, 4.69) is 21.2 Å². The van der Waals surface area contributed by atoms with Gasteiger partial charge in [-0.3, -0.25) is 14.9 Å². The van der Waals surface area contributed by atoms with E-state index in [-0.39, 0.29) is 23.6 Å². The van der Waals surface area contributed by atoms with E-state index in [9.17, 15) is 14.4 Å². The van der Waals surface area contributed by atoms with Gasteiger partial charge in [-0.05, 0) is 50.3 Å². The fraction of sp³-hybridized carbons (Fsp3) is 0.217. The van der Waals surface area contributed by atoms with Crippen molar-refractivity contribution in [2.24, 2.45) is 0 Å². The summed E-state index contributed by atoms with van der Waals surface area (Å²) < 4.78 is 17.1. The number of carbonyl (C=O) groups excluding carboxylic acids is 3. The van der Waals surface area contributed by atoms with Crippen molar-refractivity contribution in [2.75, 3.05) is 24.7 Å². The van der Waals surface area contributed by atoms with E-state index in [0.29, 0.717) is 34.7 Å². The molecule has 10 heteroatoms. The Morgan fingerprint density at radius 1 is 1.03 bits per heavy atom. The van der Waals surface area contributed by atoms with Crippen LogP contribution in [0.4, 0.5) is 10.5 Å². The van der Waals surface area contributed by atoms with Crippen LogP contribution in [-0.4, -0.2) is 37.7 Å². The number of hydrogen-bond donors (Lipinski definition) is 1. The number of hydrogen-bond acceptors (Lipinski definition) is 7. The number of imide groups is 2. The van der Waals surface area contributed by atoms with Gasteiger partial charge in [-0.1, -0.05) is 15.9 Å². The lowest BCUT2D eigenvalue weighted by Crippen LogP contribution is -2.54. The van der Waals surface area contributed by atoms with Crippen LogP contribution in [0.1, 0.15) is 19.4 Å². The first-order valence-corrected chi connectivity index (χ1v) is 10.8. The molecule has 1 aliphatic rings. The first-order valence-electron chi connectivity index (χ1n) is 10.00. The summed E-state index contributed by atoms with van der Waals surface area (Å²) in [6.07, 6.45) is 1.31. The van der Waals surface area contributed by atoms with Gasteiger partial charge in [0.25, 0.3) is 11.8 Å². The highest BCUT2D eigenvalue weighted by molar-refractivity contribution is 9.10. The lowest BCUT2D eigenvalue weighted by atomic mass is 10.1. The van der Waals surface area contributed by atoms with E-state index >= 15 is 0 Å². The molecular formula is C23H20BrN3O6. The third kappa shape index (κ3) is 5.32. The van der Waals surface area contributed by atoms with Gasteiger partial charge < -0.3 is 14.2 Å². The summed E-state index contributed by atoms with van der Waals surface area (Å²) in [7, 11) is 0. The number of amides is 4. The number of nitrogens with one attached hydrogen (secondary N) is 1. The molecule has 3 rings (SSSR count). The molecule has 0 radical (unpaired) electrons. The number of halogens is 1. The molecule has 1 aliphatic heterocycles. The fourth-order valence-corrected chi connectivity index (χ4v) is 3.49. The Balaban J connectivity index is 2.09. The van der Waals surface area contributed by atoms with Gasteiger partial charge in [0.1, 0.15) is 28.9 Å². The van der Waals surface area contributed by atoms with Crippen molar-refractivity contribution in [2.45, 2.75) is 13.8 Å². The average Bonchev–Trinajstić information content (AvgIpc) is 2.78. The zero-order valence-corrected chi connectivity index (χ0v) is 19.5. The first kappa shape index (κ1) is 23.8. The maximum atomic E-state index is 13.4. The molecule has 0 atom stereocenters. The fourth-order valence-electron chi connectivity index (χ4n) is 3.11. The summed E-state index contributed by atoms with van der Waals surface area (Å²) >= 11 is 3.34. The molecule has 2 aromatic carbocycles. The monoisotopic (exact) mass is 513 g/mol. The molecule has 4 amide bonds. The van der Waals surface area contributed by atoms with E-state index in [1.807, 2.05) is 6.07 Å². The van der Waals surface area contributed by atoms with Gasteiger partial charge in [0.2, 0.25) is 0 Å². The van der Waals surface area contributed by atoms with Crippen LogP contribution in [0.3, 0.4) is 0 Å². The van der Waals surface area contributed by atoms with Gasteiger partial charge in [0.15, 0.2) is 6.61 Å². The first-order chi connectivity index (χ1) is 15.9. The van der Waals surface area contributed by atoms with Crippen LogP contribution < -0.4 is 24.4 Å². The molecule has 0 spiro atoms. The van der Waals surface area contributed by atoms with E-state index in [0.717, 1.165) is 4.90 Å². The summed E-state index contributed by atoms with van der Waals surface area (Å²) in [4.78, 5) is 39.5. The normalized spacial score (nSPS) is 14.7. The predicted molar refractivity (Wildman–Crippen MR) is 123 cm³/mol. The highest BCUT2D eigenvalue weighted by Crippen LogP contribution is 2.35. The number of barbiturate groups is 1. The number of ether oxygens (including phenoxy) is 3. The number of nitriles is 1. The van der Waals surface area contributed by atoms with Crippen molar-refractivity contribution in [3.8, 4) is 23.3 Å². The molecule has 0 aliphatic carbocycles. The summed E-state index contributed by atoms with van der Waals surface area (Å²) in [5.41, 5.74) is 0.221. The quantitative estimate of drug-likeness (QED) is 0.421. The Morgan fingerprint density at radius 2 is 1.76 bits per heavy atom. The third-order valence-corrected chi connectivity index (χ3v) is 4.94. The Kier molecular flexibility index (Phi) is 7.69. The molecule has 2 aromatic rings. The topological polar surface area (TPSA) is 118 Å². The van der Waals surface area contributed by atoms with E-state index in [1.54, 1.807) is 44.2 Å². The Labute approximate surface area is 198 Å². The minimum absolute atomic E-state index is 0.138. The second-order valence-corrected chi connectivity index (χ2v) is 7.50.